The van der Waals surface area contributed by atoms with Crippen LogP contribution in [0.1, 0.15) is 71.5 Å². The number of nitrogens with zero attached hydrogens (tertiary/aromatic N) is 7. The van der Waals surface area contributed by atoms with Gasteiger partial charge in [0, 0.05) is 75.6 Å². The molecule has 10 nitrogen and oxygen atoms in total. The number of rotatable bonds is 10. The summed E-state index contributed by atoms with van der Waals surface area (Å²) in [6.45, 7) is 8.22. The fourth-order valence-corrected chi connectivity index (χ4v) is 7.18. The van der Waals surface area contributed by atoms with Crippen molar-refractivity contribution < 1.29 is 14.3 Å². The molecule has 47 heavy (non-hydrogen) atoms. The standard InChI is InChI=1S/C37H43N7O3/c1-25(2)47-36-30(35(46-3)40-34(41-36)28-14-15-28)23-42-21-29-22-43(37(45)31-20-38-16-17-39-31)18-19-44(29)32(24-42)33(26-10-6-4-7-11-26)27-12-8-5-9-13-27/h4-13,16-17,20,25,28-29,32-33H,14-15,18-19,21-24H2,1-3H3/t29-,32+/m1/s1. The zero-order valence-electron chi connectivity index (χ0n) is 27.4. The van der Waals surface area contributed by atoms with Gasteiger partial charge in [-0.2, -0.15) is 9.97 Å². The summed E-state index contributed by atoms with van der Waals surface area (Å²) < 4.78 is 12.2. The normalized spacial score (nSPS) is 20.3. The average Bonchev–Trinajstić information content (AvgIpc) is 3.96. The number of fused-ring (bicyclic) bond motifs is 1. The first-order chi connectivity index (χ1) is 23.0. The molecule has 0 unspecified atom stereocenters. The van der Waals surface area contributed by atoms with Crippen LogP contribution in [0.5, 0.6) is 11.8 Å². The number of benzene rings is 2. The summed E-state index contributed by atoms with van der Waals surface area (Å²) in [6.07, 6.45) is 6.88. The Balaban J connectivity index is 1.26. The second-order valence-corrected chi connectivity index (χ2v) is 13.1. The summed E-state index contributed by atoms with van der Waals surface area (Å²) >= 11 is 0. The number of aromatic nitrogens is 4. The van der Waals surface area contributed by atoms with Crippen molar-refractivity contribution in [1.29, 1.82) is 0 Å². The van der Waals surface area contributed by atoms with E-state index in [2.05, 4.69) is 80.4 Å². The van der Waals surface area contributed by atoms with Crippen LogP contribution in [0.4, 0.5) is 0 Å². The van der Waals surface area contributed by atoms with Crippen LogP contribution in [0.3, 0.4) is 0 Å². The van der Waals surface area contributed by atoms with Gasteiger partial charge in [-0.25, -0.2) is 4.98 Å². The van der Waals surface area contributed by atoms with E-state index in [0.29, 0.717) is 43.0 Å². The van der Waals surface area contributed by atoms with Gasteiger partial charge in [-0.3, -0.25) is 19.6 Å². The van der Waals surface area contributed by atoms with Gasteiger partial charge in [0.15, 0.2) is 0 Å². The van der Waals surface area contributed by atoms with Gasteiger partial charge >= 0.3 is 0 Å². The second-order valence-electron chi connectivity index (χ2n) is 13.1. The average molecular weight is 634 g/mol. The van der Waals surface area contributed by atoms with Crippen LogP contribution in [0.15, 0.2) is 79.3 Å². The molecule has 1 saturated carbocycles. The van der Waals surface area contributed by atoms with Crippen LogP contribution in [0.25, 0.3) is 0 Å². The third kappa shape index (κ3) is 6.84. The predicted molar refractivity (Wildman–Crippen MR) is 179 cm³/mol. The zero-order valence-corrected chi connectivity index (χ0v) is 27.4. The molecule has 244 valence electrons. The molecular weight excluding hydrogens is 590 g/mol. The molecule has 2 saturated heterocycles. The number of piperazine rings is 2. The first kappa shape index (κ1) is 31.2. The van der Waals surface area contributed by atoms with E-state index < -0.39 is 0 Å². The second kappa shape index (κ2) is 13.8. The Morgan fingerprint density at radius 3 is 2.21 bits per heavy atom. The molecule has 0 bridgehead atoms. The zero-order chi connectivity index (χ0) is 32.3. The molecule has 2 atom stereocenters. The highest BCUT2D eigenvalue weighted by atomic mass is 16.5. The molecule has 0 radical (unpaired) electrons. The maximum absolute atomic E-state index is 13.6. The minimum Gasteiger partial charge on any atom is -0.481 e. The largest absolute Gasteiger partial charge is 0.481 e. The number of carbonyl (C=O) groups excluding carboxylic acids is 1. The Bertz CT molecular complexity index is 1610. The van der Waals surface area contributed by atoms with E-state index in [4.69, 9.17) is 19.4 Å². The van der Waals surface area contributed by atoms with Crippen molar-refractivity contribution in [3.05, 3.63) is 107 Å². The summed E-state index contributed by atoms with van der Waals surface area (Å²) in [5.41, 5.74) is 3.81. The van der Waals surface area contributed by atoms with Gasteiger partial charge in [0.2, 0.25) is 11.8 Å². The lowest BCUT2D eigenvalue weighted by molar-refractivity contribution is -0.0294. The number of hydrogen-bond acceptors (Lipinski definition) is 9. The van der Waals surface area contributed by atoms with Gasteiger partial charge in [0.25, 0.3) is 5.91 Å². The molecule has 10 heteroatoms. The predicted octanol–water partition coefficient (Wildman–Crippen LogP) is 4.78. The maximum atomic E-state index is 13.6. The molecule has 4 heterocycles. The van der Waals surface area contributed by atoms with Crippen LogP contribution in [-0.2, 0) is 6.54 Å². The number of carbonyl (C=O) groups is 1. The number of hydrogen-bond donors (Lipinski definition) is 0. The van der Waals surface area contributed by atoms with E-state index >= 15 is 0 Å². The van der Waals surface area contributed by atoms with Crippen LogP contribution < -0.4 is 9.47 Å². The van der Waals surface area contributed by atoms with Gasteiger partial charge in [-0.15, -0.1) is 0 Å². The van der Waals surface area contributed by atoms with Crippen molar-refractivity contribution in [2.75, 3.05) is 39.8 Å². The topological polar surface area (TPSA) is 96.8 Å². The summed E-state index contributed by atoms with van der Waals surface area (Å²) in [7, 11) is 1.68. The van der Waals surface area contributed by atoms with Gasteiger partial charge in [-0.1, -0.05) is 60.7 Å². The lowest BCUT2D eigenvalue weighted by Crippen LogP contribution is -2.67. The number of amides is 1. The number of methoxy groups -OCH3 is 1. The highest BCUT2D eigenvalue weighted by molar-refractivity contribution is 5.92. The van der Waals surface area contributed by atoms with Gasteiger partial charge in [-0.05, 0) is 37.8 Å². The molecule has 3 fully saturated rings. The van der Waals surface area contributed by atoms with Crippen molar-refractivity contribution in [2.45, 2.75) is 63.3 Å². The molecule has 4 aromatic rings. The van der Waals surface area contributed by atoms with E-state index in [9.17, 15) is 4.79 Å². The molecule has 2 aliphatic heterocycles. The Kier molecular flexibility index (Phi) is 9.13. The van der Waals surface area contributed by atoms with Crippen LogP contribution >= 0.6 is 0 Å². The summed E-state index contributed by atoms with van der Waals surface area (Å²) in [5.74, 6) is 2.43. The highest BCUT2D eigenvalue weighted by Crippen LogP contribution is 2.42. The monoisotopic (exact) mass is 633 g/mol. The molecule has 0 N–H and O–H groups in total. The lowest BCUT2D eigenvalue weighted by atomic mass is 9.81. The van der Waals surface area contributed by atoms with Crippen molar-refractivity contribution >= 4 is 5.91 Å². The minimum absolute atomic E-state index is 0.0375. The third-order valence-corrected chi connectivity index (χ3v) is 9.45. The van der Waals surface area contributed by atoms with Crippen molar-refractivity contribution in [1.82, 2.24) is 34.6 Å². The minimum atomic E-state index is -0.0764. The lowest BCUT2D eigenvalue weighted by Gasteiger charge is -2.53. The third-order valence-electron chi connectivity index (χ3n) is 9.45. The van der Waals surface area contributed by atoms with E-state index in [0.717, 1.165) is 43.9 Å². The van der Waals surface area contributed by atoms with Crippen molar-refractivity contribution in [2.24, 2.45) is 0 Å². The molecule has 2 aromatic heterocycles. The van der Waals surface area contributed by atoms with Gasteiger partial charge in [0.1, 0.15) is 11.5 Å². The number of ether oxygens (including phenoxy) is 2. The Hall–Kier alpha value is -4.41. The van der Waals surface area contributed by atoms with Crippen molar-refractivity contribution in [3.63, 3.8) is 0 Å². The Labute approximate surface area is 276 Å². The fraction of sp³-hybridized carbons (Fsp3) is 0.432. The molecule has 1 amide bonds. The highest BCUT2D eigenvalue weighted by Gasteiger charge is 2.44. The van der Waals surface area contributed by atoms with Crippen LogP contribution in [0.2, 0.25) is 0 Å². The summed E-state index contributed by atoms with van der Waals surface area (Å²) in [6, 6.07) is 21.9. The maximum Gasteiger partial charge on any atom is 0.274 e. The molecule has 1 aliphatic carbocycles. The molecule has 3 aliphatic rings. The van der Waals surface area contributed by atoms with E-state index in [1.54, 1.807) is 25.7 Å². The fourth-order valence-electron chi connectivity index (χ4n) is 7.18. The molecule has 7 rings (SSSR count). The van der Waals surface area contributed by atoms with Crippen LogP contribution in [-0.4, -0.2) is 98.6 Å². The van der Waals surface area contributed by atoms with Gasteiger partial charge in [0.05, 0.1) is 25.0 Å². The van der Waals surface area contributed by atoms with E-state index in [1.807, 2.05) is 18.7 Å². The van der Waals surface area contributed by atoms with Crippen LogP contribution in [0, 0.1) is 0 Å². The SMILES string of the molecule is COc1nc(C2CC2)nc(OC(C)C)c1CN1C[C@@H]2CN(C(=O)c3cnccn3)CCN2[C@H](C(c2ccccc2)c2ccccc2)C1. The quantitative estimate of drug-likeness (QED) is 0.244. The molecule has 0 spiro atoms. The smallest absolute Gasteiger partial charge is 0.274 e. The van der Waals surface area contributed by atoms with E-state index in [-0.39, 0.29) is 30.0 Å². The van der Waals surface area contributed by atoms with Gasteiger partial charge < -0.3 is 14.4 Å². The Morgan fingerprint density at radius 2 is 1.60 bits per heavy atom. The molecular formula is C37H43N7O3. The summed E-state index contributed by atoms with van der Waals surface area (Å²) in [5, 5.41) is 0. The first-order valence-corrected chi connectivity index (χ1v) is 16.7. The summed E-state index contributed by atoms with van der Waals surface area (Å²) in [4.78, 5) is 38.9. The van der Waals surface area contributed by atoms with Crippen molar-refractivity contribution in [3.8, 4) is 11.8 Å². The van der Waals surface area contributed by atoms with E-state index in [1.165, 1.54) is 11.1 Å². The Morgan fingerprint density at radius 1 is 0.894 bits per heavy atom. The molecule has 2 aromatic carbocycles. The first-order valence-electron chi connectivity index (χ1n) is 16.7.